The minimum absolute atomic E-state index is 0.0118. The smallest absolute Gasteiger partial charge is 0.323 e. The van der Waals surface area contributed by atoms with Gasteiger partial charge in [-0.15, -0.1) is 0 Å². The van der Waals surface area contributed by atoms with Crippen LogP contribution in [0.2, 0.25) is 0 Å². The van der Waals surface area contributed by atoms with E-state index in [0.29, 0.717) is 6.20 Å². The van der Waals surface area contributed by atoms with Crippen LogP contribution in [0.3, 0.4) is 0 Å². The van der Waals surface area contributed by atoms with Crippen molar-refractivity contribution in [3.05, 3.63) is 29.6 Å². The van der Waals surface area contributed by atoms with Crippen molar-refractivity contribution in [1.29, 1.82) is 0 Å². The summed E-state index contributed by atoms with van der Waals surface area (Å²) in [6.45, 7) is 0. The fraction of sp³-hybridized carbons (Fsp3) is 0.545. The molecule has 19 heavy (non-hydrogen) atoms. The highest BCUT2D eigenvalue weighted by Crippen LogP contribution is 2.29. The summed E-state index contributed by atoms with van der Waals surface area (Å²) >= 11 is 0. The van der Waals surface area contributed by atoms with E-state index in [4.69, 9.17) is 5.73 Å². The van der Waals surface area contributed by atoms with Crippen LogP contribution in [-0.2, 0) is 6.18 Å². The number of halogens is 6. The fourth-order valence-corrected chi connectivity index (χ4v) is 1.46. The van der Waals surface area contributed by atoms with Gasteiger partial charge in [-0.1, -0.05) is 0 Å². The molecular formula is C11H12F6N2. The topological polar surface area (TPSA) is 38.9 Å². The zero-order valence-electron chi connectivity index (χ0n) is 9.72. The molecule has 0 aliphatic rings. The summed E-state index contributed by atoms with van der Waals surface area (Å²) in [6, 6.07) is 1.09. The third-order valence-corrected chi connectivity index (χ3v) is 2.47. The maximum absolute atomic E-state index is 12.3. The molecule has 1 aromatic heterocycles. The predicted octanol–water partition coefficient (Wildman–Crippen LogP) is 3.83. The molecule has 0 fully saturated rings. The third-order valence-electron chi connectivity index (χ3n) is 2.47. The van der Waals surface area contributed by atoms with Crippen molar-refractivity contribution in [2.24, 2.45) is 5.73 Å². The highest BCUT2D eigenvalue weighted by atomic mass is 19.4. The maximum Gasteiger partial charge on any atom is 0.417 e. The normalized spacial score (nSPS) is 14.5. The molecule has 8 heteroatoms. The molecule has 108 valence electrons. The van der Waals surface area contributed by atoms with Crippen molar-refractivity contribution in [2.45, 2.75) is 37.7 Å². The SMILES string of the molecule is NC(CCCC(F)(F)F)c1ccc(C(F)(F)F)cn1. The number of alkyl halides is 6. The van der Waals surface area contributed by atoms with Crippen LogP contribution in [0.4, 0.5) is 26.3 Å². The lowest BCUT2D eigenvalue weighted by Crippen LogP contribution is -2.15. The van der Waals surface area contributed by atoms with Crippen molar-refractivity contribution in [1.82, 2.24) is 4.98 Å². The Bertz CT molecular complexity index is 395. The molecule has 0 radical (unpaired) electrons. The minimum atomic E-state index is -4.49. The zero-order valence-corrected chi connectivity index (χ0v) is 9.72. The van der Waals surface area contributed by atoms with Gasteiger partial charge in [0.2, 0.25) is 0 Å². The second-order valence-electron chi connectivity index (χ2n) is 4.08. The molecule has 0 aliphatic heterocycles. The Kier molecular flexibility index (Phi) is 4.78. The van der Waals surface area contributed by atoms with Crippen LogP contribution in [0.5, 0.6) is 0 Å². The monoisotopic (exact) mass is 286 g/mol. The maximum atomic E-state index is 12.3. The molecular weight excluding hydrogens is 274 g/mol. The Morgan fingerprint density at radius 3 is 2.16 bits per heavy atom. The fourth-order valence-electron chi connectivity index (χ4n) is 1.46. The first kappa shape index (κ1) is 15.7. The van der Waals surface area contributed by atoms with E-state index in [2.05, 4.69) is 4.98 Å². The summed E-state index contributed by atoms with van der Waals surface area (Å²) in [5.74, 6) is 0. The number of hydrogen-bond acceptors (Lipinski definition) is 2. The van der Waals surface area contributed by atoms with E-state index in [0.717, 1.165) is 12.1 Å². The quantitative estimate of drug-likeness (QED) is 0.854. The van der Waals surface area contributed by atoms with Gasteiger partial charge in [0.05, 0.1) is 11.3 Å². The molecule has 0 saturated carbocycles. The molecule has 0 saturated heterocycles. The molecule has 0 aliphatic carbocycles. The third kappa shape index (κ3) is 5.46. The van der Waals surface area contributed by atoms with E-state index in [1.54, 1.807) is 0 Å². The van der Waals surface area contributed by atoms with Gasteiger partial charge in [0.1, 0.15) is 0 Å². The van der Waals surface area contributed by atoms with E-state index in [9.17, 15) is 26.3 Å². The molecule has 2 nitrogen and oxygen atoms in total. The molecule has 0 spiro atoms. The van der Waals surface area contributed by atoms with E-state index in [1.165, 1.54) is 0 Å². The van der Waals surface area contributed by atoms with Crippen LogP contribution in [0.1, 0.15) is 36.6 Å². The van der Waals surface area contributed by atoms with E-state index >= 15 is 0 Å². The largest absolute Gasteiger partial charge is 0.417 e. The number of aromatic nitrogens is 1. The van der Waals surface area contributed by atoms with Crippen molar-refractivity contribution in [3.8, 4) is 0 Å². The minimum Gasteiger partial charge on any atom is -0.323 e. The molecule has 1 heterocycles. The van der Waals surface area contributed by atoms with Gasteiger partial charge in [0.15, 0.2) is 0 Å². The summed E-state index contributed by atoms with van der Waals surface area (Å²) < 4.78 is 72.5. The van der Waals surface area contributed by atoms with Crippen molar-refractivity contribution in [3.63, 3.8) is 0 Å². The van der Waals surface area contributed by atoms with Gasteiger partial charge >= 0.3 is 12.4 Å². The van der Waals surface area contributed by atoms with Gasteiger partial charge in [-0.3, -0.25) is 4.98 Å². The number of nitrogens with zero attached hydrogens (tertiary/aromatic N) is 1. The highest BCUT2D eigenvalue weighted by Gasteiger charge is 2.31. The Balaban J connectivity index is 2.56. The van der Waals surface area contributed by atoms with Crippen LogP contribution >= 0.6 is 0 Å². The lowest BCUT2D eigenvalue weighted by molar-refractivity contribution is -0.138. The first-order valence-corrected chi connectivity index (χ1v) is 5.45. The predicted molar refractivity (Wildman–Crippen MR) is 56.1 cm³/mol. The van der Waals surface area contributed by atoms with Gasteiger partial charge in [0.25, 0.3) is 0 Å². The molecule has 0 amide bonds. The number of rotatable bonds is 4. The van der Waals surface area contributed by atoms with Crippen molar-refractivity contribution in [2.75, 3.05) is 0 Å². The summed E-state index contributed by atoms with van der Waals surface area (Å²) in [5, 5.41) is 0. The number of nitrogens with two attached hydrogens (primary N) is 1. The van der Waals surface area contributed by atoms with Crippen LogP contribution in [0, 0.1) is 0 Å². The van der Waals surface area contributed by atoms with Crippen LogP contribution in [0.15, 0.2) is 18.3 Å². The average molecular weight is 286 g/mol. The van der Waals surface area contributed by atoms with Gasteiger partial charge in [-0.2, -0.15) is 26.3 Å². The average Bonchev–Trinajstić information content (AvgIpc) is 2.26. The van der Waals surface area contributed by atoms with E-state index < -0.39 is 30.4 Å². The van der Waals surface area contributed by atoms with Crippen LogP contribution in [0.25, 0.3) is 0 Å². The number of pyridine rings is 1. The lowest BCUT2D eigenvalue weighted by Gasteiger charge is -2.13. The first-order chi connectivity index (χ1) is 8.59. The summed E-state index contributed by atoms with van der Waals surface area (Å²) in [6.07, 6.45) is -9.27. The Labute approximate surface area is 105 Å². The van der Waals surface area contributed by atoms with Crippen molar-refractivity contribution < 1.29 is 26.3 Å². The van der Waals surface area contributed by atoms with E-state index in [1.807, 2.05) is 0 Å². The van der Waals surface area contributed by atoms with Gasteiger partial charge in [0, 0.05) is 18.7 Å². The molecule has 1 atom stereocenters. The summed E-state index contributed by atoms with van der Waals surface area (Å²) in [7, 11) is 0. The molecule has 0 bridgehead atoms. The Morgan fingerprint density at radius 1 is 1.11 bits per heavy atom. The van der Waals surface area contributed by atoms with Crippen LogP contribution in [-0.4, -0.2) is 11.2 Å². The Morgan fingerprint density at radius 2 is 1.74 bits per heavy atom. The lowest BCUT2D eigenvalue weighted by atomic mass is 10.1. The van der Waals surface area contributed by atoms with Crippen LogP contribution < -0.4 is 5.73 Å². The van der Waals surface area contributed by atoms with Crippen molar-refractivity contribution >= 4 is 0 Å². The summed E-state index contributed by atoms with van der Waals surface area (Å²) in [5.41, 5.74) is 4.80. The number of hydrogen-bond donors (Lipinski definition) is 1. The van der Waals surface area contributed by atoms with E-state index in [-0.39, 0.29) is 18.5 Å². The van der Waals surface area contributed by atoms with Gasteiger partial charge in [-0.25, -0.2) is 0 Å². The molecule has 1 rings (SSSR count). The molecule has 1 aromatic rings. The standard InChI is InChI=1S/C11H12F6N2/c12-10(13,14)5-1-2-8(18)9-4-3-7(6-19-9)11(15,16)17/h3-4,6,8H,1-2,5,18H2. The zero-order chi connectivity index (χ0) is 14.7. The highest BCUT2D eigenvalue weighted by molar-refractivity contribution is 5.18. The Hall–Kier alpha value is -1.31. The first-order valence-electron chi connectivity index (χ1n) is 5.45. The molecule has 1 unspecified atom stereocenters. The van der Waals surface area contributed by atoms with Gasteiger partial charge < -0.3 is 5.73 Å². The molecule has 0 aromatic carbocycles. The second-order valence-corrected chi connectivity index (χ2v) is 4.08. The molecule has 2 N–H and O–H groups in total. The van der Waals surface area contributed by atoms with Gasteiger partial charge in [-0.05, 0) is 25.0 Å². The summed E-state index contributed by atoms with van der Waals surface area (Å²) in [4.78, 5) is 3.53. The second kappa shape index (κ2) is 5.77.